The van der Waals surface area contributed by atoms with Crippen LogP contribution in [0.3, 0.4) is 0 Å². The predicted octanol–water partition coefficient (Wildman–Crippen LogP) is 14.0. The summed E-state index contributed by atoms with van der Waals surface area (Å²) in [5, 5.41) is 9.20. The first-order valence-electron chi connectivity index (χ1n) is 18.9. The van der Waals surface area contributed by atoms with Gasteiger partial charge in [0, 0.05) is 11.1 Å². The second kappa shape index (κ2) is 22.5. The summed E-state index contributed by atoms with van der Waals surface area (Å²) in [6, 6.07) is 14.6. The minimum atomic E-state index is -1.68. The lowest BCUT2D eigenvalue weighted by Crippen LogP contribution is -2.00. The van der Waals surface area contributed by atoms with Crippen LogP contribution in [0.4, 0.5) is 35.1 Å². The molecule has 0 aliphatic heterocycles. The molecule has 0 saturated heterocycles. The van der Waals surface area contributed by atoms with Crippen molar-refractivity contribution in [3.05, 3.63) is 131 Å². The Bertz CT molecular complexity index is 1980. The number of phenols is 1. The van der Waals surface area contributed by atoms with E-state index in [0.29, 0.717) is 30.6 Å². The van der Waals surface area contributed by atoms with Crippen molar-refractivity contribution in [2.45, 2.75) is 71.1 Å². The zero-order chi connectivity index (χ0) is 41.3. The first-order valence-corrected chi connectivity index (χ1v) is 18.9. The summed E-state index contributed by atoms with van der Waals surface area (Å²) in [6.07, 6.45) is 11.7. The Labute approximate surface area is 328 Å². The van der Waals surface area contributed by atoms with Gasteiger partial charge in [-0.2, -0.15) is 8.78 Å². The number of hydrogen-bond acceptors (Lipinski definition) is 4. The Morgan fingerprint density at radius 1 is 0.544 bits per heavy atom. The number of aromatic hydroxyl groups is 1. The largest absolute Gasteiger partial charge is 0.505 e. The number of phenolic OH excluding ortho intramolecular Hbond substituents is 1. The molecule has 0 fully saturated rings. The van der Waals surface area contributed by atoms with Crippen LogP contribution in [0.5, 0.6) is 23.0 Å². The third-order valence-electron chi connectivity index (χ3n) is 9.29. The van der Waals surface area contributed by atoms with Crippen molar-refractivity contribution < 1.29 is 54.4 Å². The molecule has 0 saturated carbocycles. The summed E-state index contributed by atoms with van der Waals surface area (Å²) in [7, 11) is 0. The Kier molecular flexibility index (Phi) is 17.5. The Balaban J connectivity index is 1.06. The highest BCUT2D eigenvalue weighted by atomic mass is 19.2. The smallest absolute Gasteiger partial charge is 0.201 e. The number of unbranched alkanes of at least 4 members (excludes halogenated alkanes) is 6. The molecule has 4 aromatic carbocycles. The van der Waals surface area contributed by atoms with E-state index < -0.39 is 63.5 Å². The van der Waals surface area contributed by atoms with Crippen molar-refractivity contribution in [2.24, 2.45) is 5.92 Å². The first kappa shape index (κ1) is 44.5. The second-order valence-corrected chi connectivity index (χ2v) is 13.3. The van der Waals surface area contributed by atoms with Crippen molar-refractivity contribution in [3.63, 3.8) is 0 Å². The van der Waals surface area contributed by atoms with Crippen LogP contribution >= 0.6 is 0 Å². The highest BCUT2D eigenvalue weighted by molar-refractivity contribution is 5.84. The van der Waals surface area contributed by atoms with E-state index in [1.165, 1.54) is 48.5 Å². The van der Waals surface area contributed by atoms with Crippen LogP contribution in [0.15, 0.2) is 85.5 Å². The van der Waals surface area contributed by atoms with Crippen LogP contribution in [-0.4, -0.2) is 24.9 Å². The number of rotatable bonds is 23. The summed E-state index contributed by atoms with van der Waals surface area (Å²) >= 11 is 0. The molecule has 0 radical (unpaired) electrons. The van der Waals surface area contributed by atoms with E-state index >= 15 is 0 Å². The van der Waals surface area contributed by atoms with Gasteiger partial charge in [-0.05, 0) is 111 Å². The summed E-state index contributed by atoms with van der Waals surface area (Å²) in [6.45, 7) is 6.55. The zero-order valence-corrected chi connectivity index (χ0v) is 31.7. The number of halogens is 8. The lowest BCUT2D eigenvalue weighted by atomic mass is 9.94. The second-order valence-electron chi connectivity index (χ2n) is 13.3. The predicted molar refractivity (Wildman–Crippen MR) is 207 cm³/mol. The van der Waals surface area contributed by atoms with E-state index in [9.17, 15) is 40.2 Å². The zero-order valence-electron chi connectivity index (χ0n) is 31.7. The SMILES string of the molecule is C=CC(CCCCCCOc1ccc(/C(F)=C(\F)c2ccc(O)c(F)c2F)cc1)CCCCCCOc1ccc(/C(F)=C(\F)c2ccc(OCC)c(F)c2F)cc1. The molecular weight excluding hydrogens is 756 g/mol. The van der Waals surface area contributed by atoms with Gasteiger partial charge in [-0.25, -0.2) is 26.3 Å². The van der Waals surface area contributed by atoms with E-state index in [2.05, 4.69) is 6.58 Å². The van der Waals surface area contributed by atoms with Crippen molar-refractivity contribution in [3.8, 4) is 23.0 Å². The van der Waals surface area contributed by atoms with Crippen molar-refractivity contribution in [1.29, 1.82) is 0 Å². The average molecular weight is 803 g/mol. The monoisotopic (exact) mass is 802 g/mol. The average Bonchev–Trinajstić information content (AvgIpc) is 3.22. The minimum absolute atomic E-state index is 0.0865. The van der Waals surface area contributed by atoms with Gasteiger partial charge in [-0.15, -0.1) is 6.58 Å². The van der Waals surface area contributed by atoms with Gasteiger partial charge in [0.25, 0.3) is 0 Å². The first-order chi connectivity index (χ1) is 27.5. The molecular formula is C45H46F8O4. The van der Waals surface area contributed by atoms with E-state index in [0.717, 1.165) is 88.5 Å². The molecule has 4 nitrogen and oxygen atoms in total. The fourth-order valence-corrected chi connectivity index (χ4v) is 6.05. The van der Waals surface area contributed by atoms with E-state index in [1.54, 1.807) is 6.92 Å². The van der Waals surface area contributed by atoms with Gasteiger partial charge in [-0.1, -0.05) is 44.6 Å². The molecule has 1 N–H and O–H groups in total. The van der Waals surface area contributed by atoms with Gasteiger partial charge >= 0.3 is 0 Å². The van der Waals surface area contributed by atoms with Crippen LogP contribution in [0.2, 0.25) is 0 Å². The Morgan fingerprint density at radius 2 is 0.982 bits per heavy atom. The molecule has 0 amide bonds. The number of benzene rings is 4. The molecule has 12 heteroatoms. The molecule has 0 aromatic heterocycles. The maximum Gasteiger partial charge on any atom is 0.201 e. The molecule has 57 heavy (non-hydrogen) atoms. The lowest BCUT2D eigenvalue weighted by Gasteiger charge is -2.12. The van der Waals surface area contributed by atoms with Crippen LogP contribution in [-0.2, 0) is 0 Å². The minimum Gasteiger partial charge on any atom is -0.505 e. The number of allylic oxidation sites excluding steroid dienone is 1. The van der Waals surface area contributed by atoms with E-state index in [4.69, 9.17) is 14.2 Å². The molecule has 0 aliphatic carbocycles. The molecule has 4 rings (SSSR count). The molecule has 0 spiro atoms. The lowest BCUT2D eigenvalue weighted by molar-refractivity contribution is 0.302. The molecule has 1 unspecified atom stereocenters. The molecule has 0 heterocycles. The van der Waals surface area contributed by atoms with Gasteiger partial charge in [-0.3, -0.25) is 0 Å². The third-order valence-corrected chi connectivity index (χ3v) is 9.29. The van der Waals surface area contributed by atoms with E-state index in [-0.39, 0.29) is 23.5 Å². The fraction of sp³-hybridized carbons (Fsp3) is 0.333. The molecule has 1 atom stereocenters. The van der Waals surface area contributed by atoms with Gasteiger partial charge in [0.05, 0.1) is 30.9 Å². The van der Waals surface area contributed by atoms with Crippen molar-refractivity contribution >= 4 is 23.3 Å². The maximum atomic E-state index is 14.8. The molecule has 0 bridgehead atoms. The summed E-state index contributed by atoms with van der Waals surface area (Å²) < 4.78 is 131. The third kappa shape index (κ3) is 12.6. The van der Waals surface area contributed by atoms with Crippen molar-refractivity contribution in [1.82, 2.24) is 0 Å². The van der Waals surface area contributed by atoms with E-state index in [1.807, 2.05) is 6.08 Å². The Hall–Kier alpha value is -5.26. The topological polar surface area (TPSA) is 47.9 Å². The highest BCUT2D eigenvalue weighted by Crippen LogP contribution is 2.35. The normalized spacial score (nSPS) is 12.8. The summed E-state index contributed by atoms with van der Waals surface area (Å²) in [5.74, 6) is -12.1. The summed E-state index contributed by atoms with van der Waals surface area (Å²) in [4.78, 5) is 0. The van der Waals surface area contributed by atoms with Crippen molar-refractivity contribution in [2.75, 3.05) is 19.8 Å². The maximum absolute atomic E-state index is 14.8. The molecule has 0 aliphatic rings. The van der Waals surface area contributed by atoms with Gasteiger partial charge < -0.3 is 19.3 Å². The quantitative estimate of drug-likeness (QED) is 0.0351. The Morgan fingerprint density at radius 3 is 1.44 bits per heavy atom. The fourth-order valence-electron chi connectivity index (χ4n) is 6.05. The molecule has 4 aromatic rings. The number of hydrogen-bond donors (Lipinski definition) is 1. The van der Waals surface area contributed by atoms with Crippen LogP contribution in [0.1, 0.15) is 93.4 Å². The molecule has 306 valence electrons. The van der Waals surface area contributed by atoms with Crippen LogP contribution in [0.25, 0.3) is 23.3 Å². The van der Waals surface area contributed by atoms with Gasteiger partial charge in [0.2, 0.25) is 11.6 Å². The summed E-state index contributed by atoms with van der Waals surface area (Å²) in [5.41, 5.74) is -2.08. The van der Waals surface area contributed by atoms with Gasteiger partial charge in [0.15, 0.2) is 46.4 Å². The van der Waals surface area contributed by atoms with Crippen LogP contribution < -0.4 is 14.2 Å². The highest BCUT2D eigenvalue weighted by Gasteiger charge is 2.22. The number of ether oxygens (including phenoxy) is 3. The van der Waals surface area contributed by atoms with Gasteiger partial charge in [0.1, 0.15) is 11.5 Å². The van der Waals surface area contributed by atoms with Crippen LogP contribution in [0, 0.1) is 29.2 Å². The standard InChI is InChI=1S/C45H46F8O4/c1-3-29(13-9-5-7-11-27-56-32-19-15-30(16-20-32)38(46)40(48)34-23-25-36(54)44(52)42(34)50)14-10-6-8-12-28-57-33-21-17-31(18-22-33)39(47)41(49)35-24-26-37(55-4-2)45(53)43(35)51/h3,15-26,29,54H,1,4-14,27-28H2,2H3/b40-38+,41-39+.